The van der Waals surface area contributed by atoms with E-state index in [-0.39, 0.29) is 17.9 Å². The smallest absolute Gasteiger partial charge is 0.271 e. The molecule has 164 valence electrons. The lowest BCUT2D eigenvalue weighted by atomic mass is 10.2. The molecule has 1 amide bonds. The van der Waals surface area contributed by atoms with Gasteiger partial charge in [0.05, 0.1) is 20.1 Å². The minimum Gasteiger partial charge on any atom is -0.486 e. The van der Waals surface area contributed by atoms with Crippen molar-refractivity contribution < 1.29 is 14.5 Å². The largest absolute Gasteiger partial charge is 0.486 e. The van der Waals surface area contributed by atoms with Crippen LogP contribution in [-0.2, 0) is 6.61 Å². The van der Waals surface area contributed by atoms with E-state index in [1.807, 2.05) is 0 Å². The zero-order valence-corrected chi connectivity index (χ0v) is 20.7. The van der Waals surface area contributed by atoms with Gasteiger partial charge in [0.25, 0.3) is 11.6 Å². The molecule has 0 saturated heterocycles. The zero-order chi connectivity index (χ0) is 23.3. The van der Waals surface area contributed by atoms with Gasteiger partial charge in [-0.3, -0.25) is 14.9 Å². The van der Waals surface area contributed by atoms with Crippen LogP contribution in [-0.4, -0.2) is 17.0 Å². The summed E-state index contributed by atoms with van der Waals surface area (Å²) in [5.74, 6) is 0.0807. The molecule has 3 aromatic carbocycles. The molecule has 0 bridgehead atoms. The minimum atomic E-state index is -0.535. The number of nitrogens with one attached hydrogen (secondary N) is 1. The quantitative estimate of drug-likeness (QED) is 0.184. The molecular formula is C21H13Br2Cl2N3O4. The molecule has 32 heavy (non-hydrogen) atoms. The number of nitro groups is 1. The summed E-state index contributed by atoms with van der Waals surface area (Å²) in [4.78, 5) is 22.3. The molecule has 0 spiro atoms. The van der Waals surface area contributed by atoms with Gasteiger partial charge >= 0.3 is 0 Å². The number of benzene rings is 3. The molecule has 3 aromatic rings. The van der Waals surface area contributed by atoms with Crippen LogP contribution in [0.4, 0.5) is 5.69 Å². The first-order valence-corrected chi connectivity index (χ1v) is 11.2. The lowest BCUT2D eigenvalue weighted by Crippen LogP contribution is -2.17. The molecule has 0 heterocycles. The lowest BCUT2D eigenvalue weighted by Gasteiger charge is -2.12. The number of amides is 1. The average molecular weight is 602 g/mol. The number of ether oxygens (including phenoxy) is 1. The minimum absolute atomic E-state index is 0.0969. The van der Waals surface area contributed by atoms with Crippen LogP contribution < -0.4 is 10.2 Å². The summed E-state index contributed by atoms with van der Waals surface area (Å²) in [6.07, 6.45) is 1.46. The predicted molar refractivity (Wildman–Crippen MR) is 131 cm³/mol. The van der Waals surface area contributed by atoms with Gasteiger partial charge < -0.3 is 4.74 Å². The third-order valence-corrected chi connectivity index (χ3v) is 5.89. The SMILES string of the molecule is O=C(N/N=C/c1cc(Br)c(OCc2ccc(Cl)cc2Cl)c(Br)c1)c1ccc([N+](=O)[O-])cc1. The van der Waals surface area contributed by atoms with E-state index in [4.69, 9.17) is 27.9 Å². The third-order valence-electron chi connectivity index (χ3n) is 4.13. The van der Waals surface area contributed by atoms with Crippen molar-refractivity contribution in [3.63, 3.8) is 0 Å². The van der Waals surface area contributed by atoms with Gasteiger partial charge in [-0.05, 0) is 73.8 Å². The first-order valence-electron chi connectivity index (χ1n) is 8.88. The Balaban J connectivity index is 1.64. The number of carbonyl (C=O) groups is 1. The summed E-state index contributed by atoms with van der Waals surface area (Å²) in [6, 6.07) is 13.9. The fraction of sp³-hybridized carbons (Fsp3) is 0.0476. The molecule has 0 atom stereocenters. The number of hydrogen-bond acceptors (Lipinski definition) is 5. The van der Waals surface area contributed by atoms with Gasteiger partial charge in [0, 0.05) is 33.3 Å². The van der Waals surface area contributed by atoms with Crippen molar-refractivity contribution in [2.45, 2.75) is 6.61 Å². The molecule has 11 heteroatoms. The Morgan fingerprint density at radius 1 is 1.09 bits per heavy atom. The van der Waals surface area contributed by atoms with E-state index in [9.17, 15) is 14.9 Å². The molecule has 0 fully saturated rings. The topological polar surface area (TPSA) is 93.8 Å². The molecule has 0 saturated carbocycles. The van der Waals surface area contributed by atoms with Crippen LogP contribution in [0.1, 0.15) is 21.5 Å². The number of carbonyl (C=O) groups excluding carboxylic acids is 1. The van der Waals surface area contributed by atoms with Crippen molar-refractivity contribution in [2.75, 3.05) is 0 Å². The van der Waals surface area contributed by atoms with Crippen LogP contribution >= 0.6 is 55.1 Å². The number of hydrazone groups is 1. The average Bonchev–Trinajstić information content (AvgIpc) is 2.74. The molecule has 3 rings (SSSR count). The Labute approximate surface area is 209 Å². The number of non-ortho nitro benzene ring substituents is 1. The monoisotopic (exact) mass is 599 g/mol. The van der Waals surface area contributed by atoms with Gasteiger partial charge in [0.2, 0.25) is 0 Å². The molecule has 0 unspecified atom stereocenters. The Hall–Kier alpha value is -2.46. The van der Waals surface area contributed by atoms with Crippen molar-refractivity contribution in [1.82, 2.24) is 5.43 Å². The van der Waals surface area contributed by atoms with Crippen LogP contribution in [0.2, 0.25) is 10.0 Å². The van der Waals surface area contributed by atoms with Crippen molar-refractivity contribution in [3.05, 3.63) is 100 Å². The highest BCUT2D eigenvalue weighted by molar-refractivity contribution is 9.11. The molecular weight excluding hydrogens is 589 g/mol. The molecule has 1 N–H and O–H groups in total. The summed E-state index contributed by atoms with van der Waals surface area (Å²) < 4.78 is 7.21. The molecule has 0 aliphatic carbocycles. The van der Waals surface area contributed by atoms with Crippen molar-refractivity contribution >= 4 is 72.9 Å². The van der Waals surface area contributed by atoms with Crippen molar-refractivity contribution in [1.29, 1.82) is 0 Å². The highest BCUT2D eigenvalue weighted by Gasteiger charge is 2.11. The summed E-state index contributed by atoms with van der Waals surface area (Å²) in [7, 11) is 0. The predicted octanol–water partition coefficient (Wildman–Crippen LogP) is 6.77. The van der Waals surface area contributed by atoms with Gasteiger partial charge in [-0.1, -0.05) is 29.3 Å². The van der Waals surface area contributed by atoms with Gasteiger partial charge in [0.1, 0.15) is 12.4 Å². The molecule has 0 aliphatic rings. The molecule has 7 nitrogen and oxygen atoms in total. The van der Waals surface area contributed by atoms with Crippen LogP contribution in [0.3, 0.4) is 0 Å². The Bertz CT molecular complexity index is 1180. The number of rotatable bonds is 7. The fourth-order valence-corrected chi connectivity index (χ4v) is 4.46. The first kappa shape index (κ1) is 24.2. The van der Waals surface area contributed by atoms with E-state index >= 15 is 0 Å². The maximum Gasteiger partial charge on any atom is 0.271 e. The summed E-state index contributed by atoms with van der Waals surface area (Å²) in [5, 5.41) is 15.7. The lowest BCUT2D eigenvalue weighted by molar-refractivity contribution is -0.384. The zero-order valence-electron chi connectivity index (χ0n) is 16.0. The van der Waals surface area contributed by atoms with Crippen molar-refractivity contribution in [3.8, 4) is 5.75 Å². The van der Waals surface area contributed by atoms with E-state index in [0.29, 0.717) is 30.3 Å². The van der Waals surface area contributed by atoms with Crippen LogP contribution in [0, 0.1) is 10.1 Å². The maximum atomic E-state index is 12.1. The second kappa shape index (κ2) is 10.9. The standard InChI is InChI=1S/C21H13Br2Cl2N3O4/c22-17-7-12(10-26-27-21(29)13-2-5-16(6-3-13)28(30)31)8-18(23)20(17)32-11-14-1-4-15(24)9-19(14)25/h1-10H,11H2,(H,27,29)/b26-10+. The van der Waals surface area contributed by atoms with Crippen LogP contribution in [0.25, 0.3) is 0 Å². The third kappa shape index (κ3) is 6.29. The van der Waals surface area contributed by atoms with Gasteiger partial charge in [0.15, 0.2) is 0 Å². The van der Waals surface area contributed by atoms with Crippen LogP contribution in [0.15, 0.2) is 68.6 Å². The Morgan fingerprint density at radius 2 is 1.75 bits per heavy atom. The van der Waals surface area contributed by atoms with Crippen molar-refractivity contribution in [2.24, 2.45) is 5.10 Å². The van der Waals surface area contributed by atoms with E-state index < -0.39 is 10.8 Å². The van der Waals surface area contributed by atoms with E-state index in [0.717, 1.165) is 5.56 Å². The number of nitrogens with zero attached hydrogens (tertiary/aromatic N) is 2. The molecule has 0 aliphatic heterocycles. The second-order valence-corrected chi connectivity index (χ2v) is 8.89. The highest BCUT2D eigenvalue weighted by Crippen LogP contribution is 2.35. The van der Waals surface area contributed by atoms with Gasteiger partial charge in [-0.25, -0.2) is 5.43 Å². The molecule has 0 radical (unpaired) electrons. The number of halogens is 4. The highest BCUT2D eigenvalue weighted by atomic mass is 79.9. The maximum absolute atomic E-state index is 12.1. The second-order valence-electron chi connectivity index (χ2n) is 6.34. The van der Waals surface area contributed by atoms with E-state index in [2.05, 4.69) is 42.4 Å². The van der Waals surface area contributed by atoms with Crippen LogP contribution in [0.5, 0.6) is 5.75 Å². The summed E-state index contributed by atoms with van der Waals surface area (Å²) >= 11 is 19.0. The Kier molecular flexibility index (Phi) is 8.25. The normalized spacial score (nSPS) is 10.9. The van der Waals surface area contributed by atoms with E-state index in [1.54, 1.807) is 30.3 Å². The van der Waals surface area contributed by atoms with Gasteiger partial charge in [-0.2, -0.15) is 5.10 Å². The first-order chi connectivity index (χ1) is 15.2. The summed E-state index contributed by atoms with van der Waals surface area (Å²) in [5.41, 5.74) is 4.00. The van der Waals surface area contributed by atoms with Gasteiger partial charge in [-0.15, -0.1) is 0 Å². The number of hydrogen-bond donors (Lipinski definition) is 1. The number of nitro benzene ring substituents is 1. The summed E-state index contributed by atoms with van der Waals surface area (Å²) in [6.45, 7) is 0.242. The molecule has 0 aromatic heterocycles. The van der Waals surface area contributed by atoms with E-state index in [1.165, 1.54) is 30.5 Å². The fourth-order valence-electron chi connectivity index (χ4n) is 2.55. The Morgan fingerprint density at radius 3 is 2.34 bits per heavy atom.